The molecule has 0 saturated heterocycles. The molecule has 1 unspecified atom stereocenters. The van der Waals surface area contributed by atoms with Gasteiger partial charge in [0.25, 0.3) is 0 Å². The molecule has 0 aliphatic heterocycles. The lowest BCUT2D eigenvalue weighted by molar-refractivity contribution is -0.137. The fraction of sp³-hybridized carbons (Fsp3) is 0.417. The van der Waals surface area contributed by atoms with Gasteiger partial charge in [-0.1, -0.05) is 57.2 Å². The number of hydrogen-bond donors (Lipinski definition) is 1. The molecule has 6 heteroatoms. The van der Waals surface area contributed by atoms with Crippen molar-refractivity contribution in [2.24, 2.45) is 5.41 Å². The number of benzene rings is 2. The van der Waals surface area contributed by atoms with Gasteiger partial charge >= 0.3 is 0 Å². The van der Waals surface area contributed by atoms with Crippen LogP contribution in [0.4, 0.5) is 0 Å². The quantitative estimate of drug-likeness (QED) is 0.716. The summed E-state index contributed by atoms with van der Waals surface area (Å²) >= 11 is 0. The average molecular weight is 413 g/mol. The molecular formula is C24H32N2O4. The maximum atomic E-state index is 12.6. The van der Waals surface area contributed by atoms with Crippen molar-refractivity contribution in [1.29, 1.82) is 0 Å². The van der Waals surface area contributed by atoms with Crippen molar-refractivity contribution < 1.29 is 19.1 Å². The van der Waals surface area contributed by atoms with Crippen LogP contribution in [0, 0.1) is 5.41 Å². The minimum absolute atomic E-state index is 0.154. The Hall–Kier alpha value is -3.02. The summed E-state index contributed by atoms with van der Waals surface area (Å²) < 4.78 is 11.4. The van der Waals surface area contributed by atoms with Gasteiger partial charge in [0.1, 0.15) is 12.6 Å². The fourth-order valence-electron chi connectivity index (χ4n) is 2.82. The molecular weight excluding hydrogens is 380 g/mol. The number of nitrogens with zero attached hydrogens (tertiary/aromatic N) is 1. The van der Waals surface area contributed by atoms with E-state index in [0.717, 1.165) is 11.1 Å². The summed E-state index contributed by atoms with van der Waals surface area (Å²) in [6.45, 7) is 7.98. The zero-order valence-electron chi connectivity index (χ0n) is 18.7. The van der Waals surface area contributed by atoms with Gasteiger partial charge in [-0.15, -0.1) is 0 Å². The minimum Gasteiger partial charge on any atom is -0.493 e. The number of rotatable bonds is 8. The molecule has 2 aromatic carbocycles. The van der Waals surface area contributed by atoms with Gasteiger partial charge < -0.3 is 19.7 Å². The topological polar surface area (TPSA) is 67.9 Å². The number of ether oxygens (including phenoxy) is 2. The van der Waals surface area contributed by atoms with Crippen LogP contribution in [0.15, 0.2) is 48.5 Å². The molecule has 6 nitrogen and oxygen atoms in total. The van der Waals surface area contributed by atoms with Gasteiger partial charge in [0.15, 0.2) is 11.5 Å². The van der Waals surface area contributed by atoms with Crippen molar-refractivity contribution in [2.75, 3.05) is 14.2 Å². The first-order valence-corrected chi connectivity index (χ1v) is 10.0. The fourth-order valence-corrected chi connectivity index (χ4v) is 2.82. The molecule has 0 spiro atoms. The van der Waals surface area contributed by atoms with Gasteiger partial charge in [-0.25, -0.2) is 0 Å². The van der Waals surface area contributed by atoms with Crippen molar-refractivity contribution in [3.05, 3.63) is 59.7 Å². The molecule has 0 aromatic heterocycles. The molecule has 162 valence electrons. The van der Waals surface area contributed by atoms with Crippen LogP contribution < -0.4 is 14.8 Å². The highest BCUT2D eigenvalue weighted by Gasteiger charge is 2.26. The van der Waals surface area contributed by atoms with E-state index in [4.69, 9.17) is 9.47 Å². The lowest BCUT2D eigenvalue weighted by Crippen LogP contribution is -2.48. The molecule has 0 radical (unpaired) electrons. The monoisotopic (exact) mass is 412 g/mol. The summed E-state index contributed by atoms with van der Waals surface area (Å²) in [6.07, 6.45) is 0. The van der Waals surface area contributed by atoms with Crippen LogP contribution in [-0.4, -0.2) is 36.9 Å². The standard InChI is InChI=1S/C24H32N2O4/c1-17(25-23(28)24(2,3)4)22(27)26(5)15-19-12-13-20(21(14-19)29-6)30-16-18-10-8-7-9-11-18/h7-14,17H,15-16H2,1-6H3,(H,25,28). The molecule has 2 aromatic rings. The Labute approximate surface area is 179 Å². The maximum Gasteiger partial charge on any atom is 0.244 e. The van der Waals surface area contributed by atoms with E-state index in [2.05, 4.69) is 5.32 Å². The molecule has 0 aliphatic rings. The Balaban J connectivity index is 2.00. The van der Waals surface area contributed by atoms with Crippen LogP contribution in [0.1, 0.15) is 38.8 Å². The second kappa shape index (κ2) is 10.1. The maximum absolute atomic E-state index is 12.6. The minimum atomic E-state index is -0.600. The van der Waals surface area contributed by atoms with Gasteiger partial charge in [0.2, 0.25) is 11.8 Å². The highest BCUT2D eigenvalue weighted by atomic mass is 16.5. The van der Waals surface area contributed by atoms with Gasteiger partial charge in [-0.05, 0) is 30.2 Å². The second-order valence-corrected chi connectivity index (χ2v) is 8.40. The zero-order valence-corrected chi connectivity index (χ0v) is 18.7. The van der Waals surface area contributed by atoms with E-state index in [-0.39, 0.29) is 11.8 Å². The Kier molecular flexibility index (Phi) is 7.86. The van der Waals surface area contributed by atoms with Gasteiger partial charge in [0, 0.05) is 19.0 Å². The second-order valence-electron chi connectivity index (χ2n) is 8.40. The molecule has 0 aliphatic carbocycles. The van der Waals surface area contributed by atoms with Crippen LogP contribution in [-0.2, 0) is 22.7 Å². The number of likely N-dealkylation sites (N-methyl/N-ethyl adjacent to an activating group) is 1. The first kappa shape index (κ1) is 23.3. The zero-order chi connectivity index (χ0) is 22.3. The van der Waals surface area contributed by atoms with Gasteiger partial charge in [-0.2, -0.15) is 0 Å². The lowest BCUT2D eigenvalue weighted by atomic mass is 9.95. The van der Waals surface area contributed by atoms with Crippen LogP contribution in [0.25, 0.3) is 0 Å². The normalized spacial score (nSPS) is 12.1. The highest BCUT2D eigenvalue weighted by molar-refractivity contribution is 5.89. The summed E-state index contributed by atoms with van der Waals surface area (Å²) in [6, 6.07) is 14.9. The molecule has 2 amide bonds. The largest absolute Gasteiger partial charge is 0.493 e. The van der Waals surface area contributed by atoms with Crippen molar-refractivity contribution in [3.63, 3.8) is 0 Å². The smallest absolute Gasteiger partial charge is 0.244 e. The SMILES string of the molecule is COc1cc(CN(C)C(=O)C(C)NC(=O)C(C)(C)C)ccc1OCc1ccccc1. The van der Waals surface area contributed by atoms with Crippen LogP contribution in [0.5, 0.6) is 11.5 Å². The number of amides is 2. The predicted octanol–water partition coefficient (Wildman–Crippen LogP) is 3.78. The van der Waals surface area contributed by atoms with E-state index in [0.29, 0.717) is 24.7 Å². The molecule has 0 heterocycles. The predicted molar refractivity (Wildman–Crippen MR) is 117 cm³/mol. The molecule has 0 bridgehead atoms. The first-order valence-electron chi connectivity index (χ1n) is 10.0. The summed E-state index contributed by atoms with van der Waals surface area (Å²) in [5, 5.41) is 2.78. The summed E-state index contributed by atoms with van der Waals surface area (Å²) in [5.74, 6) is 0.942. The highest BCUT2D eigenvalue weighted by Crippen LogP contribution is 2.29. The van der Waals surface area contributed by atoms with E-state index in [9.17, 15) is 9.59 Å². The number of nitrogens with one attached hydrogen (secondary N) is 1. The Bertz CT molecular complexity index is 859. The van der Waals surface area contributed by atoms with Crippen LogP contribution in [0.3, 0.4) is 0 Å². The van der Waals surface area contributed by atoms with E-state index in [1.165, 1.54) is 0 Å². The summed E-state index contributed by atoms with van der Waals surface area (Å²) in [7, 11) is 3.31. The molecule has 1 N–H and O–H groups in total. The summed E-state index contributed by atoms with van der Waals surface area (Å²) in [5.41, 5.74) is 1.43. The molecule has 1 atom stereocenters. The third kappa shape index (κ3) is 6.51. The van der Waals surface area contributed by atoms with E-state index >= 15 is 0 Å². The molecule has 0 fully saturated rings. The van der Waals surface area contributed by atoms with E-state index in [1.54, 1.807) is 26.0 Å². The summed E-state index contributed by atoms with van der Waals surface area (Å²) in [4.78, 5) is 26.4. The van der Waals surface area contributed by atoms with Crippen LogP contribution >= 0.6 is 0 Å². The molecule has 2 rings (SSSR count). The molecule has 30 heavy (non-hydrogen) atoms. The lowest BCUT2D eigenvalue weighted by Gasteiger charge is -2.25. The number of hydrogen-bond acceptors (Lipinski definition) is 4. The Morgan fingerprint density at radius 2 is 1.70 bits per heavy atom. The first-order chi connectivity index (χ1) is 14.1. The van der Waals surface area contributed by atoms with E-state index < -0.39 is 11.5 Å². The van der Waals surface area contributed by atoms with Gasteiger partial charge in [-0.3, -0.25) is 9.59 Å². The third-order valence-electron chi connectivity index (χ3n) is 4.66. The Morgan fingerprint density at radius 1 is 1.03 bits per heavy atom. The average Bonchev–Trinajstić information content (AvgIpc) is 2.71. The number of methoxy groups -OCH3 is 1. The van der Waals surface area contributed by atoms with Crippen molar-refractivity contribution >= 4 is 11.8 Å². The Morgan fingerprint density at radius 3 is 2.30 bits per heavy atom. The van der Waals surface area contributed by atoms with Crippen molar-refractivity contribution in [2.45, 2.75) is 46.9 Å². The third-order valence-corrected chi connectivity index (χ3v) is 4.66. The van der Waals surface area contributed by atoms with Crippen molar-refractivity contribution in [1.82, 2.24) is 10.2 Å². The number of carbonyl (C=O) groups is 2. The number of carbonyl (C=O) groups excluding carboxylic acids is 2. The van der Waals surface area contributed by atoms with E-state index in [1.807, 2.05) is 69.3 Å². The molecule has 0 saturated carbocycles. The van der Waals surface area contributed by atoms with Gasteiger partial charge in [0.05, 0.1) is 7.11 Å². The van der Waals surface area contributed by atoms with Crippen molar-refractivity contribution in [3.8, 4) is 11.5 Å². The van der Waals surface area contributed by atoms with Crippen LogP contribution in [0.2, 0.25) is 0 Å².